The van der Waals surface area contributed by atoms with Crippen molar-refractivity contribution in [3.05, 3.63) is 36.3 Å². The SMILES string of the molecule is O=C(O)CCN(Cc1cn2ccccc2n1)C1CC1. The molecule has 1 fully saturated rings. The highest BCUT2D eigenvalue weighted by molar-refractivity contribution is 5.66. The fourth-order valence-electron chi connectivity index (χ4n) is 2.34. The summed E-state index contributed by atoms with van der Waals surface area (Å²) in [5.41, 5.74) is 1.94. The number of imidazole rings is 1. The number of aromatic nitrogens is 2. The van der Waals surface area contributed by atoms with Crippen LogP contribution in [-0.4, -0.2) is 37.9 Å². The Hall–Kier alpha value is -1.88. The van der Waals surface area contributed by atoms with E-state index in [9.17, 15) is 4.79 Å². The van der Waals surface area contributed by atoms with E-state index in [-0.39, 0.29) is 6.42 Å². The third-order valence-corrected chi connectivity index (χ3v) is 3.46. The van der Waals surface area contributed by atoms with Crippen molar-refractivity contribution in [1.29, 1.82) is 0 Å². The minimum absolute atomic E-state index is 0.198. The van der Waals surface area contributed by atoms with Crippen LogP contribution < -0.4 is 0 Å². The zero-order valence-electron chi connectivity index (χ0n) is 10.7. The molecule has 2 aromatic heterocycles. The number of carbonyl (C=O) groups is 1. The molecule has 19 heavy (non-hydrogen) atoms. The normalized spacial score (nSPS) is 15.2. The number of nitrogens with zero attached hydrogens (tertiary/aromatic N) is 3. The molecule has 0 aromatic carbocycles. The van der Waals surface area contributed by atoms with E-state index in [1.165, 1.54) is 12.8 Å². The molecule has 0 saturated heterocycles. The van der Waals surface area contributed by atoms with Crippen LogP contribution in [0.15, 0.2) is 30.6 Å². The van der Waals surface area contributed by atoms with E-state index in [0.29, 0.717) is 12.6 Å². The van der Waals surface area contributed by atoms with Gasteiger partial charge in [-0.25, -0.2) is 4.98 Å². The number of rotatable bonds is 6. The Balaban J connectivity index is 1.71. The molecule has 100 valence electrons. The first kappa shape index (κ1) is 12.2. The molecule has 1 aliphatic carbocycles. The van der Waals surface area contributed by atoms with E-state index in [0.717, 1.165) is 17.9 Å². The molecule has 1 aliphatic rings. The first-order valence-corrected chi connectivity index (χ1v) is 6.61. The molecule has 0 bridgehead atoms. The first-order valence-electron chi connectivity index (χ1n) is 6.61. The van der Waals surface area contributed by atoms with Gasteiger partial charge in [0, 0.05) is 31.5 Å². The quantitative estimate of drug-likeness (QED) is 0.859. The Kier molecular flexibility index (Phi) is 3.21. The van der Waals surface area contributed by atoms with Crippen molar-refractivity contribution < 1.29 is 9.90 Å². The zero-order valence-corrected chi connectivity index (χ0v) is 10.7. The van der Waals surface area contributed by atoms with Gasteiger partial charge in [0.05, 0.1) is 12.1 Å². The third-order valence-electron chi connectivity index (χ3n) is 3.46. The smallest absolute Gasteiger partial charge is 0.304 e. The summed E-state index contributed by atoms with van der Waals surface area (Å²) in [7, 11) is 0. The second-order valence-electron chi connectivity index (χ2n) is 5.04. The number of fused-ring (bicyclic) bond motifs is 1. The van der Waals surface area contributed by atoms with Crippen molar-refractivity contribution in [2.24, 2.45) is 0 Å². The zero-order chi connectivity index (χ0) is 13.2. The molecular weight excluding hydrogens is 242 g/mol. The van der Waals surface area contributed by atoms with Gasteiger partial charge in [-0.1, -0.05) is 6.07 Å². The molecule has 5 nitrogen and oxygen atoms in total. The van der Waals surface area contributed by atoms with E-state index < -0.39 is 5.97 Å². The maximum atomic E-state index is 10.7. The number of carboxylic acids is 1. The lowest BCUT2D eigenvalue weighted by atomic mass is 10.3. The van der Waals surface area contributed by atoms with Crippen LogP contribution in [0, 0.1) is 0 Å². The van der Waals surface area contributed by atoms with Crippen molar-refractivity contribution in [2.75, 3.05) is 6.54 Å². The Morgan fingerprint density at radius 2 is 2.32 bits per heavy atom. The summed E-state index contributed by atoms with van der Waals surface area (Å²) < 4.78 is 2.00. The first-order chi connectivity index (χ1) is 9.22. The van der Waals surface area contributed by atoms with Crippen LogP contribution >= 0.6 is 0 Å². The molecule has 0 aliphatic heterocycles. The molecule has 0 unspecified atom stereocenters. The van der Waals surface area contributed by atoms with Crippen LogP contribution in [0.5, 0.6) is 0 Å². The van der Waals surface area contributed by atoms with E-state index in [4.69, 9.17) is 5.11 Å². The van der Waals surface area contributed by atoms with Gasteiger partial charge in [-0.15, -0.1) is 0 Å². The molecule has 0 spiro atoms. The average Bonchev–Trinajstić information content (AvgIpc) is 3.14. The Morgan fingerprint density at radius 3 is 3.00 bits per heavy atom. The van der Waals surface area contributed by atoms with E-state index >= 15 is 0 Å². The van der Waals surface area contributed by atoms with Gasteiger partial charge in [0.1, 0.15) is 5.65 Å². The van der Waals surface area contributed by atoms with E-state index in [1.54, 1.807) is 0 Å². The summed E-state index contributed by atoms with van der Waals surface area (Å²) in [5.74, 6) is -0.736. The lowest BCUT2D eigenvalue weighted by molar-refractivity contribution is -0.137. The molecule has 2 heterocycles. The Morgan fingerprint density at radius 1 is 1.47 bits per heavy atom. The summed E-state index contributed by atoms with van der Waals surface area (Å²) in [6.07, 6.45) is 6.54. The summed E-state index contributed by atoms with van der Waals surface area (Å²) in [5, 5.41) is 8.80. The lowest BCUT2D eigenvalue weighted by Crippen LogP contribution is -2.28. The largest absolute Gasteiger partial charge is 0.481 e. The van der Waals surface area contributed by atoms with Crippen LogP contribution in [0.1, 0.15) is 25.0 Å². The van der Waals surface area contributed by atoms with E-state index in [2.05, 4.69) is 9.88 Å². The molecule has 0 amide bonds. The number of pyridine rings is 1. The molecule has 1 N–H and O–H groups in total. The number of aliphatic carboxylic acids is 1. The van der Waals surface area contributed by atoms with Crippen molar-refractivity contribution in [2.45, 2.75) is 31.8 Å². The lowest BCUT2D eigenvalue weighted by Gasteiger charge is -2.19. The molecular formula is C14H17N3O2. The number of hydrogen-bond acceptors (Lipinski definition) is 3. The van der Waals surface area contributed by atoms with Crippen molar-refractivity contribution in [3.8, 4) is 0 Å². The minimum atomic E-state index is -0.736. The van der Waals surface area contributed by atoms with Crippen LogP contribution in [-0.2, 0) is 11.3 Å². The number of carboxylic acid groups (broad SMARTS) is 1. The standard InChI is InChI=1S/C14H17N3O2/c18-14(19)6-8-16(12-4-5-12)9-11-10-17-7-2-1-3-13(17)15-11/h1-3,7,10,12H,4-6,8-9H2,(H,18,19). The third kappa shape index (κ3) is 2.93. The summed E-state index contributed by atoms with van der Waals surface area (Å²) in [6.45, 7) is 1.34. The second-order valence-corrected chi connectivity index (χ2v) is 5.04. The summed E-state index contributed by atoms with van der Waals surface area (Å²) in [6, 6.07) is 6.46. The fraction of sp³-hybridized carbons (Fsp3) is 0.429. The summed E-state index contributed by atoms with van der Waals surface area (Å²) in [4.78, 5) is 17.5. The summed E-state index contributed by atoms with van der Waals surface area (Å²) >= 11 is 0. The predicted molar refractivity (Wildman–Crippen MR) is 70.9 cm³/mol. The van der Waals surface area contributed by atoms with E-state index in [1.807, 2.05) is 35.0 Å². The highest BCUT2D eigenvalue weighted by atomic mass is 16.4. The maximum absolute atomic E-state index is 10.7. The van der Waals surface area contributed by atoms with Gasteiger partial charge in [0.15, 0.2) is 0 Å². The Bertz CT molecular complexity index is 556. The molecule has 2 aromatic rings. The van der Waals surface area contributed by atoms with Crippen molar-refractivity contribution in [1.82, 2.24) is 14.3 Å². The van der Waals surface area contributed by atoms with Crippen LogP contribution in [0.25, 0.3) is 5.65 Å². The molecule has 3 rings (SSSR count). The average molecular weight is 259 g/mol. The van der Waals surface area contributed by atoms with Crippen LogP contribution in [0.4, 0.5) is 0 Å². The van der Waals surface area contributed by atoms with Crippen LogP contribution in [0.2, 0.25) is 0 Å². The highest BCUT2D eigenvalue weighted by Gasteiger charge is 2.29. The number of hydrogen-bond donors (Lipinski definition) is 1. The van der Waals surface area contributed by atoms with Gasteiger partial charge in [-0.2, -0.15) is 0 Å². The monoisotopic (exact) mass is 259 g/mol. The molecule has 0 radical (unpaired) electrons. The molecule has 5 heteroatoms. The van der Waals surface area contributed by atoms with Gasteiger partial charge in [-0.3, -0.25) is 9.69 Å². The van der Waals surface area contributed by atoms with Gasteiger partial charge < -0.3 is 9.51 Å². The predicted octanol–water partition coefficient (Wildman–Crippen LogP) is 1.77. The van der Waals surface area contributed by atoms with Gasteiger partial charge in [-0.05, 0) is 25.0 Å². The van der Waals surface area contributed by atoms with Gasteiger partial charge >= 0.3 is 5.97 Å². The second kappa shape index (κ2) is 5.01. The van der Waals surface area contributed by atoms with Crippen molar-refractivity contribution in [3.63, 3.8) is 0 Å². The molecule has 1 saturated carbocycles. The van der Waals surface area contributed by atoms with Crippen molar-refractivity contribution >= 4 is 11.6 Å². The highest BCUT2D eigenvalue weighted by Crippen LogP contribution is 2.28. The van der Waals surface area contributed by atoms with Gasteiger partial charge in [0.2, 0.25) is 0 Å². The molecule has 0 atom stereocenters. The maximum Gasteiger partial charge on any atom is 0.304 e. The Labute approximate surface area is 111 Å². The topological polar surface area (TPSA) is 57.8 Å². The van der Waals surface area contributed by atoms with Gasteiger partial charge in [0.25, 0.3) is 0 Å². The minimum Gasteiger partial charge on any atom is -0.481 e. The van der Waals surface area contributed by atoms with Crippen LogP contribution in [0.3, 0.4) is 0 Å². The fourth-order valence-corrected chi connectivity index (χ4v) is 2.34.